The zero-order chi connectivity index (χ0) is 12.7. The van der Waals surface area contributed by atoms with Crippen molar-refractivity contribution in [3.8, 4) is 0 Å². The average Bonchev–Trinajstić information content (AvgIpc) is 2.54. The van der Waals surface area contributed by atoms with Crippen LogP contribution in [-0.2, 0) is 79.6 Å². The van der Waals surface area contributed by atoms with Crippen LogP contribution in [0.3, 0.4) is 0 Å². The summed E-state index contributed by atoms with van der Waals surface area (Å²) in [4.78, 5) is 0. The zero-order valence-electron chi connectivity index (χ0n) is 13.0. The Balaban J connectivity index is 0. The van der Waals surface area contributed by atoms with E-state index in [1.807, 2.05) is 0 Å². The van der Waals surface area contributed by atoms with E-state index in [1.54, 1.807) is 0 Å². The topological polar surface area (TPSA) is 27.7 Å². The fourth-order valence-electron chi connectivity index (χ4n) is 2.06. The van der Waals surface area contributed by atoms with Crippen molar-refractivity contribution in [3.63, 3.8) is 0 Å². The summed E-state index contributed by atoms with van der Waals surface area (Å²) in [7, 11) is 0. The fourth-order valence-corrected chi connectivity index (χ4v) is 2.06. The maximum atomic E-state index is 5.07. The van der Waals surface area contributed by atoms with E-state index >= 15 is 0 Å². The fraction of sp³-hybridized carbons (Fsp3) is 1.00. The smallest absolute Gasteiger partial charge is 0.0466 e. The molecular formula is C15H30O3Y2. The molecule has 0 atom stereocenters. The summed E-state index contributed by atoms with van der Waals surface area (Å²) in [5.74, 6) is 0. The maximum Gasteiger partial charge on any atom is 0.0466 e. The Morgan fingerprint density at radius 1 is 0.300 bits per heavy atom. The molecule has 3 aliphatic heterocycles. The Hall–Kier alpha value is 2.09. The standard InChI is InChI=1S/3C5H10O.2Y/c3*1-2-4-6-5-3-1;;/h3*1-5H2;;. The molecule has 0 aromatic heterocycles. The summed E-state index contributed by atoms with van der Waals surface area (Å²) in [5.41, 5.74) is 0. The van der Waals surface area contributed by atoms with Gasteiger partial charge in [0.15, 0.2) is 0 Å². The molecular weight excluding hydrogens is 406 g/mol. The molecule has 0 amide bonds. The van der Waals surface area contributed by atoms with E-state index in [1.165, 1.54) is 57.8 Å². The first kappa shape index (κ1) is 24.3. The van der Waals surface area contributed by atoms with E-state index in [9.17, 15) is 0 Å². The number of ether oxygens (including phenoxy) is 3. The van der Waals surface area contributed by atoms with Crippen molar-refractivity contribution < 1.29 is 79.6 Å². The van der Waals surface area contributed by atoms with Gasteiger partial charge in [-0.3, -0.25) is 0 Å². The SMILES string of the molecule is C1CCOCC1.C1CCOCC1.C1CCOCC1.[Y].[Y]. The molecule has 3 saturated heterocycles. The van der Waals surface area contributed by atoms with Crippen molar-refractivity contribution in [1.82, 2.24) is 0 Å². The van der Waals surface area contributed by atoms with E-state index in [2.05, 4.69) is 0 Å². The van der Waals surface area contributed by atoms with Crippen LogP contribution in [0.4, 0.5) is 0 Å². The Morgan fingerprint density at radius 3 is 0.550 bits per heavy atom. The minimum Gasteiger partial charge on any atom is -0.381 e. The van der Waals surface area contributed by atoms with Crippen LogP contribution < -0.4 is 0 Å². The van der Waals surface area contributed by atoms with Crippen molar-refractivity contribution in [2.24, 2.45) is 0 Å². The van der Waals surface area contributed by atoms with Crippen LogP contribution in [0.15, 0.2) is 0 Å². The summed E-state index contributed by atoms with van der Waals surface area (Å²) in [6, 6.07) is 0. The van der Waals surface area contributed by atoms with Crippen LogP contribution in [0.1, 0.15) is 57.8 Å². The Morgan fingerprint density at radius 2 is 0.500 bits per heavy atom. The predicted octanol–water partition coefficient (Wildman–Crippen LogP) is 3.56. The molecule has 0 bridgehead atoms. The molecule has 3 nitrogen and oxygen atoms in total. The quantitative estimate of drug-likeness (QED) is 0.582. The molecule has 2 radical (unpaired) electrons. The third-order valence-electron chi connectivity index (χ3n) is 3.23. The van der Waals surface area contributed by atoms with Crippen LogP contribution in [0.25, 0.3) is 0 Å². The molecule has 0 N–H and O–H groups in total. The normalized spacial score (nSPS) is 21.6. The van der Waals surface area contributed by atoms with Gasteiger partial charge in [0.2, 0.25) is 0 Å². The van der Waals surface area contributed by atoms with Crippen LogP contribution in [-0.4, -0.2) is 39.6 Å². The molecule has 3 heterocycles. The summed E-state index contributed by atoms with van der Waals surface area (Å²) < 4.78 is 15.2. The van der Waals surface area contributed by atoms with Crippen LogP contribution >= 0.6 is 0 Å². The molecule has 114 valence electrons. The molecule has 0 aromatic carbocycles. The van der Waals surface area contributed by atoms with Crippen LogP contribution in [0, 0.1) is 0 Å². The molecule has 5 heteroatoms. The molecule has 3 fully saturated rings. The van der Waals surface area contributed by atoms with Crippen molar-refractivity contribution >= 4 is 0 Å². The van der Waals surface area contributed by atoms with Gasteiger partial charge in [-0.05, 0) is 57.8 Å². The largest absolute Gasteiger partial charge is 0.381 e. The van der Waals surface area contributed by atoms with Crippen molar-refractivity contribution in [2.75, 3.05) is 39.6 Å². The molecule has 0 saturated carbocycles. The third-order valence-corrected chi connectivity index (χ3v) is 3.23. The summed E-state index contributed by atoms with van der Waals surface area (Å²) >= 11 is 0. The molecule has 3 aliphatic rings. The van der Waals surface area contributed by atoms with Gasteiger partial charge in [-0.1, -0.05) is 0 Å². The van der Waals surface area contributed by atoms with Gasteiger partial charge in [0.05, 0.1) is 0 Å². The second-order valence-electron chi connectivity index (χ2n) is 5.02. The molecule has 20 heavy (non-hydrogen) atoms. The second kappa shape index (κ2) is 21.1. The van der Waals surface area contributed by atoms with Gasteiger partial charge in [0.1, 0.15) is 0 Å². The van der Waals surface area contributed by atoms with Crippen molar-refractivity contribution in [2.45, 2.75) is 57.8 Å². The van der Waals surface area contributed by atoms with Gasteiger partial charge >= 0.3 is 0 Å². The molecule has 3 rings (SSSR count). The first-order valence-corrected chi connectivity index (χ1v) is 7.73. The summed E-state index contributed by atoms with van der Waals surface area (Å²) in [5, 5.41) is 0. The summed E-state index contributed by atoms with van der Waals surface area (Å²) in [6.45, 7) is 6.00. The Kier molecular flexibility index (Phi) is 25.7. The molecule has 0 aromatic rings. The minimum absolute atomic E-state index is 0. The van der Waals surface area contributed by atoms with Gasteiger partial charge in [0, 0.05) is 105 Å². The van der Waals surface area contributed by atoms with Gasteiger partial charge in [-0.15, -0.1) is 0 Å². The van der Waals surface area contributed by atoms with E-state index in [0.717, 1.165) is 39.6 Å². The molecule has 0 spiro atoms. The van der Waals surface area contributed by atoms with Crippen LogP contribution in [0.2, 0.25) is 0 Å². The first-order chi connectivity index (χ1) is 9.00. The van der Waals surface area contributed by atoms with Gasteiger partial charge in [-0.2, -0.15) is 0 Å². The average molecular weight is 436 g/mol. The maximum absolute atomic E-state index is 5.07. The summed E-state index contributed by atoms with van der Waals surface area (Å²) in [6.07, 6.45) is 11.8. The van der Waals surface area contributed by atoms with Gasteiger partial charge < -0.3 is 14.2 Å². The third kappa shape index (κ3) is 18.1. The Labute approximate surface area is 175 Å². The van der Waals surface area contributed by atoms with E-state index in [4.69, 9.17) is 14.2 Å². The van der Waals surface area contributed by atoms with Crippen molar-refractivity contribution in [3.05, 3.63) is 0 Å². The van der Waals surface area contributed by atoms with Crippen LogP contribution in [0.5, 0.6) is 0 Å². The van der Waals surface area contributed by atoms with E-state index < -0.39 is 0 Å². The minimum atomic E-state index is 0. The molecule has 0 aliphatic carbocycles. The van der Waals surface area contributed by atoms with E-state index in [-0.39, 0.29) is 65.4 Å². The van der Waals surface area contributed by atoms with Gasteiger partial charge in [-0.25, -0.2) is 0 Å². The Bertz CT molecular complexity index is 96.1. The number of rotatable bonds is 0. The first-order valence-electron chi connectivity index (χ1n) is 7.73. The number of hydrogen-bond donors (Lipinski definition) is 0. The predicted molar refractivity (Wildman–Crippen MR) is 74.0 cm³/mol. The second-order valence-corrected chi connectivity index (χ2v) is 5.02. The van der Waals surface area contributed by atoms with Gasteiger partial charge in [0.25, 0.3) is 0 Å². The van der Waals surface area contributed by atoms with Crippen molar-refractivity contribution in [1.29, 1.82) is 0 Å². The number of hydrogen-bond acceptors (Lipinski definition) is 3. The molecule has 0 unspecified atom stereocenters. The zero-order valence-corrected chi connectivity index (χ0v) is 18.7. The monoisotopic (exact) mass is 436 g/mol. The van der Waals surface area contributed by atoms with E-state index in [0.29, 0.717) is 0 Å².